The molecule has 7 nitrogen and oxygen atoms in total. The van der Waals surface area contributed by atoms with Crippen LogP contribution in [-0.2, 0) is 6.42 Å². The summed E-state index contributed by atoms with van der Waals surface area (Å²) < 4.78 is 6.21. The molecule has 1 N–H and O–H groups in total. The topological polar surface area (TPSA) is 102 Å². The first-order chi connectivity index (χ1) is 12.1. The number of fused-ring (bicyclic) bond motifs is 1. The van der Waals surface area contributed by atoms with Crippen molar-refractivity contribution in [3.63, 3.8) is 0 Å². The van der Waals surface area contributed by atoms with Crippen molar-refractivity contribution < 1.29 is 18.9 Å². The molecule has 0 saturated carbocycles. The molecule has 136 valence electrons. The number of amides is 1. The Kier molecular flexibility index (Phi) is 4.47. The van der Waals surface area contributed by atoms with Crippen molar-refractivity contribution in [2.24, 2.45) is 5.41 Å². The SMILES string of the molecule is Cc1c(C(=O)Nc2cc([N+](=O)[O-])ccc2Br)oc2c1C(=O)CC(C)(C)C2. The summed E-state index contributed by atoms with van der Waals surface area (Å²) >= 11 is 3.26. The monoisotopic (exact) mass is 420 g/mol. The van der Waals surface area contributed by atoms with Crippen LogP contribution in [0.1, 0.15) is 52.5 Å². The minimum atomic E-state index is -0.552. The van der Waals surface area contributed by atoms with Gasteiger partial charge in [-0.3, -0.25) is 19.7 Å². The molecule has 0 unspecified atom stereocenters. The number of hydrogen-bond acceptors (Lipinski definition) is 5. The summed E-state index contributed by atoms with van der Waals surface area (Å²) in [6.45, 7) is 5.63. The van der Waals surface area contributed by atoms with Gasteiger partial charge in [0.05, 0.1) is 16.2 Å². The minimum Gasteiger partial charge on any atom is -0.455 e. The van der Waals surface area contributed by atoms with Crippen molar-refractivity contribution in [2.75, 3.05) is 5.32 Å². The van der Waals surface area contributed by atoms with Gasteiger partial charge in [-0.05, 0) is 34.3 Å². The third-order valence-corrected chi connectivity index (χ3v) is 5.08. The van der Waals surface area contributed by atoms with E-state index in [1.807, 2.05) is 13.8 Å². The third kappa shape index (κ3) is 3.29. The second-order valence-corrected chi connectivity index (χ2v) is 8.03. The zero-order chi connectivity index (χ0) is 19.2. The fourth-order valence-corrected chi connectivity index (χ4v) is 3.55. The number of carbonyl (C=O) groups is 2. The number of hydrogen-bond donors (Lipinski definition) is 1. The fourth-order valence-electron chi connectivity index (χ4n) is 3.20. The number of nitrogens with zero attached hydrogens (tertiary/aromatic N) is 1. The lowest BCUT2D eigenvalue weighted by Gasteiger charge is -2.27. The van der Waals surface area contributed by atoms with Crippen LogP contribution in [0.15, 0.2) is 27.1 Å². The van der Waals surface area contributed by atoms with Gasteiger partial charge in [-0.2, -0.15) is 0 Å². The van der Waals surface area contributed by atoms with Crippen LogP contribution in [0.3, 0.4) is 0 Å². The smallest absolute Gasteiger partial charge is 0.291 e. The number of nitrogens with one attached hydrogen (secondary N) is 1. The maximum absolute atomic E-state index is 12.6. The summed E-state index contributed by atoms with van der Waals surface area (Å²) in [5, 5.41) is 13.5. The molecule has 2 aromatic rings. The highest BCUT2D eigenvalue weighted by Gasteiger charge is 2.37. The lowest BCUT2D eigenvalue weighted by Crippen LogP contribution is -2.26. The van der Waals surface area contributed by atoms with Gasteiger partial charge in [-0.25, -0.2) is 0 Å². The Balaban J connectivity index is 1.94. The molecule has 0 atom stereocenters. The van der Waals surface area contributed by atoms with Gasteiger partial charge in [0.2, 0.25) is 0 Å². The normalized spacial score (nSPS) is 15.5. The van der Waals surface area contributed by atoms with E-state index < -0.39 is 10.8 Å². The Morgan fingerprint density at radius 2 is 2.04 bits per heavy atom. The van der Waals surface area contributed by atoms with Crippen molar-refractivity contribution in [1.82, 2.24) is 0 Å². The molecule has 0 saturated heterocycles. The molecule has 1 heterocycles. The number of non-ortho nitro benzene ring substituents is 1. The number of Topliss-reactive ketones (excluding diaryl/α,β-unsaturated/α-hetero) is 1. The first kappa shape index (κ1) is 18.3. The van der Waals surface area contributed by atoms with E-state index in [4.69, 9.17) is 4.42 Å². The highest BCUT2D eigenvalue weighted by atomic mass is 79.9. The first-order valence-electron chi connectivity index (χ1n) is 8.00. The van der Waals surface area contributed by atoms with Gasteiger partial charge < -0.3 is 9.73 Å². The number of rotatable bonds is 3. The number of carbonyl (C=O) groups excluding carboxylic acids is 2. The van der Waals surface area contributed by atoms with Gasteiger partial charge in [0, 0.05) is 35.0 Å². The Hall–Kier alpha value is -2.48. The van der Waals surface area contributed by atoms with Gasteiger partial charge in [-0.1, -0.05) is 13.8 Å². The molecule has 3 rings (SSSR count). The van der Waals surface area contributed by atoms with Crippen LogP contribution in [0.5, 0.6) is 0 Å². The summed E-state index contributed by atoms with van der Waals surface area (Å²) in [5.74, 6) is -0.0109. The Morgan fingerprint density at radius 1 is 1.35 bits per heavy atom. The molecule has 1 aromatic heterocycles. The lowest BCUT2D eigenvalue weighted by molar-refractivity contribution is -0.384. The van der Waals surface area contributed by atoms with Crippen LogP contribution >= 0.6 is 15.9 Å². The Labute approximate surface area is 158 Å². The van der Waals surface area contributed by atoms with E-state index in [-0.39, 0.29) is 28.3 Å². The predicted molar refractivity (Wildman–Crippen MR) is 98.6 cm³/mol. The van der Waals surface area contributed by atoms with E-state index in [2.05, 4.69) is 21.2 Å². The second-order valence-electron chi connectivity index (χ2n) is 7.17. The summed E-state index contributed by atoms with van der Waals surface area (Å²) in [7, 11) is 0. The second kappa shape index (κ2) is 6.35. The van der Waals surface area contributed by atoms with Crippen LogP contribution < -0.4 is 5.32 Å². The highest BCUT2D eigenvalue weighted by Crippen LogP contribution is 2.38. The van der Waals surface area contributed by atoms with Gasteiger partial charge in [0.25, 0.3) is 11.6 Å². The zero-order valence-corrected chi connectivity index (χ0v) is 16.1. The van der Waals surface area contributed by atoms with Gasteiger partial charge in [-0.15, -0.1) is 0 Å². The van der Waals surface area contributed by atoms with Gasteiger partial charge in [0.15, 0.2) is 11.5 Å². The number of halogens is 1. The van der Waals surface area contributed by atoms with Gasteiger partial charge in [0.1, 0.15) is 5.76 Å². The van der Waals surface area contributed by atoms with Crippen LogP contribution in [-0.4, -0.2) is 16.6 Å². The van der Waals surface area contributed by atoms with E-state index in [0.717, 1.165) is 0 Å². The number of furan rings is 1. The molecule has 1 amide bonds. The van der Waals surface area contributed by atoms with Crippen molar-refractivity contribution >= 4 is 39.0 Å². The molecule has 0 radical (unpaired) electrons. The van der Waals surface area contributed by atoms with Gasteiger partial charge >= 0.3 is 0 Å². The molecule has 0 bridgehead atoms. The highest BCUT2D eigenvalue weighted by molar-refractivity contribution is 9.10. The molecule has 1 aliphatic rings. The molecule has 1 aliphatic carbocycles. The molecular formula is C18H17BrN2O5. The maximum Gasteiger partial charge on any atom is 0.291 e. The number of benzene rings is 1. The number of ketones is 1. The summed E-state index contributed by atoms with van der Waals surface area (Å²) in [6.07, 6.45) is 0.973. The number of nitro benzene ring substituents is 1. The lowest BCUT2D eigenvalue weighted by atomic mass is 9.76. The van der Waals surface area contributed by atoms with Crippen molar-refractivity contribution in [2.45, 2.75) is 33.6 Å². The van der Waals surface area contributed by atoms with E-state index in [9.17, 15) is 19.7 Å². The van der Waals surface area contributed by atoms with Crippen LogP contribution in [0, 0.1) is 22.5 Å². The van der Waals surface area contributed by atoms with Crippen molar-refractivity contribution in [3.8, 4) is 0 Å². The molecule has 0 fully saturated rings. The first-order valence-corrected chi connectivity index (χ1v) is 8.79. The van der Waals surface area contributed by atoms with Crippen molar-refractivity contribution in [1.29, 1.82) is 0 Å². The number of nitro groups is 1. The summed E-state index contributed by atoms with van der Waals surface area (Å²) in [4.78, 5) is 35.4. The molecule has 0 spiro atoms. The molecular weight excluding hydrogens is 404 g/mol. The summed E-state index contributed by atoms with van der Waals surface area (Å²) in [5.41, 5.74) is 0.873. The van der Waals surface area contributed by atoms with Crippen molar-refractivity contribution in [3.05, 3.63) is 55.4 Å². The maximum atomic E-state index is 12.6. The van der Waals surface area contributed by atoms with Crippen LogP contribution in [0.2, 0.25) is 0 Å². The Morgan fingerprint density at radius 3 is 2.69 bits per heavy atom. The predicted octanol–water partition coefficient (Wildman–Crippen LogP) is 4.67. The zero-order valence-electron chi connectivity index (χ0n) is 14.5. The van der Waals surface area contributed by atoms with Crippen LogP contribution in [0.25, 0.3) is 0 Å². The van der Waals surface area contributed by atoms with E-state index in [1.54, 1.807) is 6.92 Å². The minimum absolute atomic E-state index is 0.0342. The summed E-state index contributed by atoms with van der Waals surface area (Å²) in [6, 6.07) is 4.07. The Bertz CT molecular complexity index is 945. The van der Waals surface area contributed by atoms with E-state index in [1.165, 1.54) is 18.2 Å². The largest absolute Gasteiger partial charge is 0.455 e. The number of anilines is 1. The standard InChI is InChI=1S/C18H17BrN2O5/c1-9-15-13(22)7-18(2,3)8-14(15)26-16(9)17(23)20-12-6-10(21(24)25)4-5-11(12)19/h4-6H,7-8H2,1-3H3,(H,20,23). The average molecular weight is 421 g/mol. The molecule has 26 heavy (non-hydrogen) atoms. The molecule has 0 aliphatic heterocycles. The molecule has 8 heteroatoms. The van der Waals surface area contributed by atoms with E-state index in [0.29, 0.717) is 34.2 Å². The fraction of sp³-hybridized carbons (Fsp3) is 0.333. The van der Waals surface area contributed by atoms with Crippen LogP contribution in [0.4, 0.5) is 11.4 Å². The average Bonchev–Trinajstić information content (AvgIpc) is 2.84. The van der Waals surface area contributed by atoms with E-state index >= 15 is 0 Å². The third-order valence-electron chi connectivity index (χ3n) is 4.39. The molecule has 1 aromatic carbocycles. The quantitative estimate of drug-likeness (QED) is 0.573.